The molecule has 56 valence electrons. The number of rotatable bonds is 2. The first-order valence-electron chi connectivity index (χ1n) is 3.22. The summed E-state index contributed by atoms with van der Waals surface area (Å²) in [7, 11) is 0. The Balaban J connectivity index is 3.11. The van der Waals surface area contributed by atoms with Gasteiger partial charge in [-0.2, -0.15) is 0 Å². The second-order valence-corrected chi connectivity index (χ2v) is 2.69. The Morgan fingerprint density at radius 3 is 3.00 bits per heavy atom. The van der Waals surface area contributed by atoms with Crippen LogP contribution in [0.2, 0.25) is 0 Å². The second kappa shape index (κ2) is 4.28. The quantitative estimate of drug-likeness (QED) is 0.742. The summed E-state index contributed by atoms with van der Waals surface area (Å²) in [5, 5.41) is 0. The lowest BCUT2D eigenvalue weighted by Crippen LogP contribution is -1.82. The van der Waals surface area contributed by atoms with Crippen LogP contribution in [0, 0.1) is 0 Å². The van der Waals surface area contributed by atoms with Crippen LogP contribution in [0.1, 0.15) is 11.3 Å². The molecule has 0 atom stereocenters. The summed E-state index contributed by atoms with van der Waals surface area (Å²) in [4.78, 5) is 4.14. The minimum atomic E-state index is 0.931. The zero-order valence-corrected chi connectivity index (χ0v) is 8.15. The number of pyridine rings is 1. The third-order valence-electron chi connectivity index (χ3n) is 1.31. The molecule has 0 amide bonds. The summed E-state index contributed by atoms with van der Waals surface area (Å²) in [6.07, 6.45) is 5.53. The van der Waals surface area contributed by atoms with E-state index in [1.54, 1.807) is 12.3 Å². The normalized spacial score (nSPS) is 10.3. The Morgan fingerprint density at radius 2 is 2.36 bits per heavy atom. The first kappa shape index (κ1) is 8.46. The van der Waals surface area contributed by atoms with Gasteiger partial charge in [-0.3, -0.25) is 4.98 Å². The Bertz CT molecular complexity index is 279. The third kappa shape index (κ3) is 2.15. The van der Waals surface area contributed by atoms with Crippen LogP contribution < -0.4 is 0 Å². The Hall–Kier alpha value is -0.640. The van der Waals surface area contributed by atoms with Gasteiger partial charge < -0.3 is 0 Å². The van der Waals surface area contributed by atoms with Gasteiger partial charge in [0.15, 0.2) is 0 Å². The molecule has 0 aliphatic heterocycles. The summed E-state index contributed by atoms with van der Waals surface area (Å²) in [6.45, 7) is 3.67. The standard InChI is InChI=1S/C9H8IN/c1-2-9-8(5-6-10)4-3-7-11-9/h2-7H,1H2/b6-5-. The molecule has 1 rings (SSSR count). The fourth-order valence-electron chi connectivity index (χ4n) is 0.809. The van der Waals surface area contributed by atoms with Crippen molar-refractivity contribution < 1.29 is 0 Å². The molecule has 0 N–H and O–H groups in total. The van der Waals surface area contributed by atoms with Crippen molar-refractivity contribution in [2.75, 3.05) is 0 Å². The van der Waals surface area contributed by atoms with Crippen LogP contribution in [0.3, 0.4) is 0 Å². The van der Waals surface area contributed by atoms with Crippen molar-refractivity contribution in [1.29, 1.82) is 0 Å². The van der Waals surface area contributed by atoms with Gasteiger partial charge in [0.2, 0.25) is 0 Å². The van der Waals surface area contributed by atoms with Crippen LogP contribution >= 0.6 is 22.6 Å². The molecule has 11 heavy (non-hydrogen) atoms. The van der Waals surface area contributed by atoms with E-state index in [-0.39, 0.29) is 0 Å². The van der Waals surface area contributed by atoms with Crippen molar-refractivity contribution in [2.45, 2.75) is 0 Å². The molecular weight excluding hydrogens is 249 g/mol. The van der Waals surface area contributed by atoms with E-state index < -0.39 is 0 Å². The third-order valence-corrected chi connectivity index (χ3v) is 1.67. The summed E-state index contributed by atoms with van der Waals surface area (Å²) >= 11 is 2.18. The summed E-state index contributed by atoms with van der Waals surface area (Å²) < 4.78 is 1.96. The Kier molecular flexibility index (Phi) is 3.29. The Labute approximate surface area is 80.0 Å². The van der Waals surface area contributed by atoms with Crippen molar-refractivity contribution >= 4 is 34.7 Å². The lowest BCUT2D eigenvalue weighted by atomic mass is 10.2. The van der Waals surface area contributed by atoms with Gasteiger partial charge in [0, 0.05) is 11.8 Å². The SMILES string of the molecule is C=Cc1ncccc1/C=C\I. The monoisotopic (exact) mass is 257 g/mol. The lowest BCUT2D eigenvalue weighted by molar-refractivity contribution is 1.28. The fourth-order valence-corrected chi connectivity index (χ4v) is 1.20. The van der Waals surface area contributed by atoms with E-state index in [1.165, 1.54) is 0 Å². The molecule has 0 aliphatic carbocycles. The average molecular weight is 257 g/mol. The molecule has 0 aromatic carbocycles. The van der Waals surface area contributed by atoms with E-state index in [0.29, 0.717) is 0 Å². The van der Waals surface area contributed by atoms with Crippen LogP contribution in [0.4, 0.5) is 0 Å². The molecule has 0 saturated carbocycles. The highest BCUT2D eigenvalue weighted by atomic mass is 127. The van der Waals surface area contributed by atoms with Gasteiger partial charge in [-0.25, -0.2) is 0 Å². The number of hydrogen-bond donors (Lipinski definition) is 0. The number of hydrogen-bond acceptors (Lipinski definition) is 1. The molecule has 0 fully saturated rings. The van der Waals surface area contributed by atoms with E-state index in [2.05, 4.69) is 34.2 Å². The van der Waals surface area contributed by atoms with Gasteiger partial charge in [-0.1, -0.05) is 35.2 Å². The first-order chi connectivity index (χ1) is 5.38. The number of halogens is 1. The van der Waals surface area contributed by atoms with Gasteiger partial charge in [-0.05, 0) is 22.3 Å². The second-order valence-electron chi connectivity index (χ2n) is 1.97. The molecule has 1 aromatic rings. The number of aromatic nitrogens is 1. The van der Waals surface area contributed by atoms with Crippen molar-refractivity contribution in [3.63, 3.8) is 0 Å². The maximum atomic E-state index is 4.14. The predicted molar refractivity (Wildman–Crippen MR) is 57.4 cm³/mol. The summed E-state index contributed by atoms with van der Waals surface area (Å²) in [5.41, 5.74) is 2.04. The smallest absolute Gasteiger partial charge is 0.0696 e. The van der Waals surface area contributed by atoms with Crippen LogP contribution in [0.15, 0.2) is 29.0 Å². The zero-order chi connectivity index (χ0) is 8.10. The predicted octanol–water partition coefficient (Wildman–Crippen LogP) is 3.13. The maximum Gasteiger partial charge on any atom is 0.0696 e. The largest absolute Gasteiger partial charge is 0.256 e. The fraction of sp³-hybridized carbons (Fsp3) is 0. The Morgan fingerprint density at radius 1 is 1.55 bits per heavy atom. The molecule has 0 saturated heterocycles. The maximum absolute atomic E-state index is 4.14. The van der Waals surface area contributed by atoms with Crippen molar-refractivity contribution in [2.24, 2.45) is 0 Å². The molecule has 0 spiro atoms. The van der Waals surface area contributed by atoms with Crippen molar-refractivity contribution in [3.8, 4) is 0 Å². The van der Waals surface area contributed by atoms with Crippen LogP contribution in [0.5, 0.6) is 0 Å². The van der Waals surface area contributed by atoms with Crippen molar-refractivity contribution in [3.05, 3.63) is 40.2 Å². The van der Waals surface area contributed by atoms with Crippen LogP contribution in [-0.2, 0) is 0 Å². The molecule has 0 bridgehead atoms. The van der Waals surface area contributed by atoms with Gasteiger partial charge in [0.25, 0.3) is 0 Å². The minimum Gasteiger partial charge on any atom is -0.256 e. The van der Waals surface area contributed by atoms with E-state index >= 15 is 0 Å². The van der Waals surface area contributed by atoms with Gasteiger partial charge in [-0.15, -0.1) is 0 Å². The van der Waals surface area contributed by atoms with E-state index in [0.717, 1.165) is 11.3 Å². The van der Waals surface area contributed by atoms with Gasteiger partial charge >= 0.3 is 0 Å². The van der Waals surface area contributed by atoms with Gasteiger partial charge in [0.05, 0.1) is 5.69 Å². The minimum absolute atomic E-state index is 0.931. The zero-order valence-electron chi connectivity index (χ0n) is 6.00. The summed E-state index contributed by atoms with van der Waals surface area (Å²) in [5.74, 6) is 0. The van der Waals surface area contributed by atoms with Crippen LogP contribution in [-0.4, -0.2) is 4.98 Å². The molecule has 1 nitrogen and oxygen atoms in total. The highest BCUT2D eigenvalue weighted by Crippen LogP contribution is 2.09. The molecule has 0 unspecified atom stereocenters. The molecule has 0 aliphatic rings. The van der Waals surface area contributed by atoms with Gasteiger partial charge in [0.1, 0.15) is 0 Å². The topological polar surface area (TPSA) is 12.9 Å². The molecule has 1 aromatic heterocycles. The van der Waals surface area contributed by atoms with E-state index in [4.69, 9.17) is 0 Å². The van der Waals surface area contributed by atoms with Crippen molar-refractivity contribution in [1.82, 2.24) is 4.98 Å². The first-order valence-corrected chi connectivity index (χ1v) is 4.47. The van der Waals surface area contributed by atoms with E-state index in [9.17, 15) is 0 Å². The van der Waals surface area contributed by atoms with E-state index in [1.807, 2.05) is 22.3 Å². The highest BCUT2D eigenvalue weighted by Gasteiger charge is 1.92. The highest BCUT2D eigenvalue weighted by molar-refractivity contribution is 14.1. The number of nitrogens with zero attached hydrogens (tertiary/aromatic N) is 1. The average Bonchev–Trinajstić information content (AvgIpc) is 2.06. The summed E-state index contributed by atoms with van der Waals surface area (Å²) in [6, 6.07) is 3.93. The molecule has 0 radical (unpaired) electrons. The molecule has 1 heterocycles. The molecular formula is C9H8IN. The lowest BCUT2D eigenvalue weighted by Gasteiger charge is -1.96. The van der Waals surface area contributed by atoms with Crippen LogP contribution in [0.25, 0.3) is 12.2 Å². The molecule has 2 heteroatoms.